The van der Waals surface area contributed by atoms with E-state index in [4.69, 9.17) is 22.1 Å². The highest BCUT2D eigenvalue weighted by Crippen LogP contribution is 2.28. The highest BCUT2D eigenvalue weighted by molar-refractivity contribution is 6.31. The zero-order valence-electron chi connectivity index (χ0n) is 18.7. The van der Waals surface area contributed by atoms with Gasteiger partial charge in [0.05, 0.1) is 5.69 Å². The number of benzene rings is 2. The number of halogens is 1. The van der Waals surface area contributed by atoms with Gasteiger partial charge in [-0.3, -0.25) is 5.32 Å². The van der Waals surface area contributed by atoms with Crippen LogP contribution in [0.3, 0.4) is 0 Å². The lowest BCUT2D eigenvalue weighted by molar-refractivity contribution is 0.0636. The molecule has 0 saturated heterocycles. The lowest BCUT2D eigenvalue weighted by atomic mass is 10.1. The molecule has 1 amide bonds. The molecule has 0 bridgehead atoms. The van der Waals surface area contributed by atoms with Crippen LogP contribution in [0.5, 0.6) is 0 Å². The van der Waals surface area contributed by atoms with Crippen molar-refractivity contribution in [3.63, 3.8) is 0 Å². The van der Waals surface area contributed by atoms with Gasteiger partial charge in [0, 0.05) is 28.9 Å². The van der Waals surface area contributed by atoms with E-state index in [1.807, 2.05) is 76.2 Å². The third kappa shape index (κ3) is 6.59. The number of nitrogen functional groups attached to an aromatic ring is 1. The van der Waals surface area contributed by atoms with Crippen LogP contribution in [0.25, 0.3) is 11.3 Å². The molecular formula is C24H28ClN5O2. The van der Waals surface area contributed by atoms with Crippen molar-refractivity contribution in [2.75, 3.05) is 22.9 Å². The third-order valence-corrected chi connectivity index (χ3v) is 5.02. The Hall–Kier alpha value is -3.32. The molecule has 4 N–H and O–H groups in total. The van der Waals surface area contributed by atoms with Crippen LogP contribution < -0.4 is 16.4 Å². The van der Waals surface area contributed by atoms with E-state index in [1.165, 1.54) is 0 Å². The van der Waals surface area contributed by atoms with E-state index in [2.05, 4.69) is 20.6 Å². The predicted octanol–water partition coefficient (Wildman–Crippen LogP) is 5.69. The van der Waals surface area contributed by atoms with Gasteiger partial charge in [-0.1, -0.05) is 35.9 Å². The lowest BCUT2D eigenvalue weighted by Gasteiger charge is -2.19. The molecule has 0 unspecified atom stereocenters. The van der Waals surface area contributed by atoms with Gasteiger partial charge in [-0.15, -0.1) is 0 Å². The Morgan fingerprint density at radius 3 is 2.53 bits per heavy atom. The number of hydrogen-bond donors (Lipinski definition) is 3. The fraction of sp³-hybridized carbons (Fsp3) is 0.292. The molecule has 0 saturated carbocycles. The molecule has 0 fully saturated rings. The molecule has 2 aromatic carbocycles. The summed E-state index contributed by atoms with van der Waals surface area (Å²) in [6.45, 7) is 8.08. The van der Waals surface area contributed by atoms with Gasteiger partial charge < -0.3 is 15.8 Å². The molecule has 1 aromatic heterocycles. The zero-order chi connectivity index (χ0) is 23.3. The number of ether oxygens (including phenoxy) is 1. The lowest BCUT2D eigenvalue weighted by Crippen LogP contribution is -2.27. The van der Waals surface area contributed by atoms with Gasteiger partial charge >= 0.3 is 6.09 Å². The van der Waals surface area contributed by atoms with Crippen LogP contribution in [-0.2, 0) is 11.2 Å². The van der Waals surface area contributed by atoms with E-state index >= 15 is 0 Å². The molecule has 0 radical (unpaired) electrons. The Morgan fingerprint density at radius 2 is 1.84 bits per heavy atom. The van der Waals surface area contributed by atoms with Crippen molar-refractivity contribution in [3.05, 3.63) is 64.7 Å². The highest BCUT2D eigenvalue weighted by atomic mass is 35.5. The smallest absolute Gasteiger partial charge is 0.412 e. The molecule has 8 heteroatoms. The topological polar surface area (TPSA) is 102 Å². The number of carbonyl (C=O) groups excluding carboxylic acids is 1. The number of nitrogens with one attached hydrogen (secondary N) is 2. The van der Waals surface area contributed by atoms with E-state index in [-0.39, 0.29) is 5.95 Å². The minimum atomic E-state index is -0.536. The fourth-order valence-corrected chi connectivity index (χ4v) is 3.27. The van der Waals surface area contributed by atoms with Crippen molar-refractivity contribution in [1.29, 1.82) is 0 Å². The molecule has 0 aliphatic carbocycles. The van der Waals surface area contributed by atoms with Crippen LogP contribution in [-0.4, -0.2) is 28.2 Å². The summed E-state index contributed by atoms with van der Waals surface area (Å²) in [5.41, 5.74) is 9.76. The normalized spacial score (nSPS) is 11.2. The van der Waals surface area contributed by atoms with Crippen LogP contribution in [0.1, 0.15) is 31.9 Å². The van der Waals surface area contributed by atoms with Crippen molar-refractivity contribution in [2.45, 2.75) is 39.7 Å². The standard InChI is InChI=1S/C24H28ClN5O2/c1-15-18(6-5-7-19(15)25)20-14-21(30-22(26)29-20)27-13-12-16-8-10-17(11-9-16)28-23(31)32-24(2,3)4/h5-11,14H,12-13H2,1-4H3,(H,28,31)(H3,26,27,29,30). The summed E-state index contributed by atoms with van der Waals surface area (Å²) in [5.74, 6) is 0.844. The first-order chi connectivity index (χ1) is 15.1. The van der Waals surface area contributed by atoms with Crippen LogP contribution in [0.2, 0.25) is 5.02 Å². The molecule has 0 aliphatic rings. The fourth-order valence-electron chi connectivity index (χ4n) is 3.09. The van der Waals surface area contributed by atoms with Crippen LogP contribution in [0.4, 0.5) is 22.2 Å². The van der Waals surface area contributed by atoms with Crippen LogP contribution in [0.15, 0.2) is 48.5 Å². The Labute approximate surface area is 193 Å². The molecular weight excluding hydrogens is 426 g/mol. The number of anilines is 3. The third-order valence-electron chi connectivity index (χ3n) is 4.61. The summed E-state index contributed by atoms with van der Waals surface area (Å²) in [6, 6.07) is 15.2. The van der Waals surface area contributed by atoms with E-state index in [9.17, 15) is 4.79 Å². The first kappa shape index (κ1) is 23.3. The summed E-state index contributed by atoms with van der Waals surface area (Å²) < 4.78 is 5.26. The second-order valence-corrected chi connectivity index (χ2v) is 8.82. The van der Waals surface area contributed by atoms with Gasteiger partial charge in [-0.25, -0.2) is 9.78 Å². The van der Waals surface area contributed by atoms with Crippen molar-refractivity contribution in [2.24, 2.45) is 0 Å². The number of amides is 1. The summed E-state index contributed by atoms with van der Waals surface area (Å²) in [7, 11) is 0. The quantitative estimate of drug-likeness (QED) is 0.443. The minimum absolute atomic E-state index is 0.196. The minimum Gasteiger partial charge on any atom is -0.444 e. The van der Waals surface area contributed by atoms with E-state index in [0.29, 0.717) is 23.1 Å². The number of hydrogen-bond acceptors (Lipinski definition) is 6. The number of rotatable bonds is 6. The Balaban J connectivity index is 1.59. The number of nitrogens with zero attached hydrogens (tertiary/aromatic N) is 2. The van der Waals surface area contributed by atoms with Gasteiger partial charge in [-0.05, 0) is 63.4 Å². The maximum absolute atomic E-state index is 11.9. The monoisotopic (exact) mass is 453 g/mol. The molecule has 3 rings (SSSR count). The van der Waals surface area contributed by atoms with Gasteiger partial charge in [0.15, 0.2) is 0 Å². The summed E-state index contributed by atoms with van der Waals surface area (Å²) in [5, 5.41) is 6.70. The summed E-state index contributed by atoms with van der Waals surface area (Å²) >= 11 is 6.24. The molecule has 3 aromatic rings. The van der Waals surface area contributed by atoms with Gasteiger partial charge in [0.25, 0.3) is 0 Å². The predicted molar refractivity (Wildman–Crippen MR) is 130 cm³/mol. The van der Waals surface area contributed by atoms with Gasteiger partial charge in [0.2, 0.25) is 5.95 Å². The largest absolute Gasteiger partial charge is 0.444 e. The van der Waals surface area contributed by atoms with Crippen molar-refractivity contribution in [1.82, 2.24) is 9.97 Å². The molecule has 168 valence electrons. The van der Waals surface area contributed by atoms with Crippen molar-refractivity contribution < 1.29 is 9.53 Å². The Morgan fingerprint density at radius 1 is 1.12 bits per heavy atom. The average molecular weight is 454 g/mol. The number of nitrogens with two attached hydrogens (primary N) is 1. The highest BCUT2D eigenvalue weighted by Gasteiger charge is 2.16. The molecule has 7 nitrogen and oxygen atoms in total. The van der Waals surface area contributed by atoms with E-state index < -0.39 is 11.7 Å². The summed E-state index contributed by atoms with van der Waals surface area (Å²) in [4.78, 5) is 20.5. The van der Waals surface area contributed by atoms with Crippen molar-refractivity contribution >= 4 is 35.1 Å². The number of aromatic nitrogens is 2. The summed E-state index contributed by atoms with van der Waals surface area (Å²) in [6.07, 6.45) is 0.293. The Bertz CT molecular complexity index is 1090. The first-order valence-electron chi connectivity index (χ1n) is 10.3. The maximum atomic E-state index is 11.9. The molecule has 0 atom stereocenters. The average Bonchev–Trinajstić information content (AvgIpc) is 2.69. The Kier molecular flexibility index (Phi) is 7.20. The maximum Gasteiger partial charge on any atom is 0.412 e. The zero-order valence-corrected chi connectivity index (χ0v) is 19.5. The molecule has 0 aliphatic heterocycles. The molecule has 0 spiro atoms. The first-order valence-corrected chi connectivity index (χ1v) is 10.7. The SMILES string of the molecule is Cc1c(Cl)cccc1-c1cc(NCCc2ccc(NC(=O)OC(C)(C)C)cc2)nc(N)n1. The van der Waals surface area contributed by atoms with Gasteiger partial charge in [-0.2, -0.15) is 4.98 Å². The number of carbonyl (C=O) groups is 1. The van der Waals surface area contributed by atoms with E-state index in [1.54, 1.807) is 0 Å². The molecule has 1 heterocycles. The van der Waals surface area contributed by atoms with Crippen molar-refractivity contribution in [3.8, 4) is 11.3 Å². The van der Waals surface area contributed by atoms with E-state index in [0.717, 1.165) is 28.8 Å². The second kappa shape index (κ2) is 9.87. The van der Waals surface area contributed by atoms with Gasteiger partial charge in [0.1, 0.15) is 11.4 Å². The van der Waals surface area contributed by atoms with Crippen LogP contribution >= 0.6 is 11.6 Å². The second-order valence-electron chi connectivity index (χ2n) is 8.41. The van der Waals surface area contributed by atoms with Crippen LogP contribution in [0, 0.1) is 6.92 Å². The molecule has 32 heavy (non-hydrogen) atoms.